The number of benzene rings is 1. The van der Waals surface area contributed by atoms with Crippen LogP contribution in [-0.4, -0.2) is 34.4 Å². The van der Waals surface area contributed by atoms with Crippen molar-refractivity contribution in [3.63, 3.8) is 0 Å². The second kappa shape index (κ2) is 7.05. The molecule has 0 heterocycles. The highest BCUT2D eigenvalue weighted by molar-refractivity contribution is 5.85. The molecule has 1 aliphatic rings. The van der Waals surface area contributed by atoms with Crippen molar-refractivity contribution in [2.45, 2.75) is 56.7 Å². The van der Waals surface area contributed by atoms with Crippen molar-refractivity contribution in [1.82, 2.24) is 5.32 Å². The zero-order valence-electron chi connectivity index (χ0n) is 12.6. The monoisotopic (exact) mass is 291 g/mol. The Morgan fingerprint density at radius 1 is 1.29 bits per heavy atom. The van der Waals surface area contributed by atoms with E-state index < -0.39 is 11.7 Å². The fraction of sp³-hybridized carbons (Fsp3) is 0.588. The first-order chi connectivity index (χ1) is 10.0. The van der Waals surface area contributed by atoms with E-state index in [1.165, 1.54) is 0 Å². The number of rotatable bonds is 6. The van der Waals surface area contributed by atoms with Crippen molar-refractivity contribution in [2.24, 2.45) is 0 Å². The van der Waals surface area contributed by atoms with Gasteiger partial charge < -0.3 is 15.5 Å². The van der Waals surface area contributed by atoms with Crippen molar-refractivity contribution < 1.29 is 15.0 Å². The molecule has 0 aliphatic heterocycles. The van der Waals surface area contributed by atoms with Crippen LogP contribution in [-0.2, 0) is 4.79 Å². The third-order valence-electron chi connectivity index (χ3n) is 4.26. The molecule has 4 nitrogen and oxygen atoms in total. The summed E-state index contributed by atoms with van der Waals surface area (Å²) in [6, 6.07) is 9.86. The zero-order valence-corrected chi connectivity index (χ0v) is 12.6. The third-order valence-corrected chi connectivity index (χ3v) is 4.26. The van der Waals surface area contributed by atoms with Gasteiger partial charge in [-0.3, -0.25) is 4.79 Å². The molecule has 0 spiro atoms. The fourth-order valence-corrected chi connectivity index (χ4v) is 3.04. The summed E-state index contributed by atoms with van der Waals surface area (Å²) in [6.45, 7) is 2.19. The first kappa shape index (κ1) is 16.0. The predicted molar refractivity (Wildman–Crippen MR) is 81.9 cm³/mol. The molecule has 4 heteroatoms. The molecule has 21 heavy (non-hydrogen) atoms. The van der Waals surface area contributed by atoms with Crippen molar-refractivity contribution >= 4 is 5.91 Å². The average molecular weight is 291 g/mol. The van der Waals surface area contributed by atoms with E-state index in [2.05, 4.69) is 5.32 Å². The van der Waals surface area contributed by atoms with Crippen LogP contribution in [0.5, 0.6) is 0 Å². The van der Waals surface area contributed by atoms with Gasteiger partial charge in [-0.15, -0.1) is 0 Å². The molecule has 116 valence electrons. The Balaban J connectivity index is 1.97. The van der Waals surface area contributed by atoms with Gasteiger partial charge >= 0.3 is 0 Å². The van der Waals surface area contributed by atoms with Gasteiger partial charge in [-0.05, 0) is 44.6 Å². The van der Waals surface area contributed by atoms with Crippen LogP contribution < -0.4 is 5.32 Å². The number of carbonyl (C=O) groups excluding carboxylic acids is 1. The summed E-state index contributed by atoms with van der Waals surface area (Å²) in [4.78, 5) is 12.2. The minimum Gasteiger partial charge on any atom is -0.393 e. The van der Waals surface area contributed by atoms with E-state index in [1.54, 1.807) is 6.92 Å². The summed E-state index contributed by atoms with van der Waals surface area (Å²) in [6.07, 6.45) is 3.06. The first-order valence-electron chi connectivity index (χ1n) is 7.75. The van der Waals surface area contributed by atoms with Crippen LogP contribution in [0.2, 0.25) is 0 Å². The number of aliphatic hydroxyl groups excluding tert-OH is 1. The maximum Gasteiger partial charge on any atom is 0.251 e. The zero-order chi connectivity index (χ0) is 15.3. The van der Waals surface area contributed by atoms with Gasteiger partial charge in [0, 0.05) is 12.5 Å². The Labute approximate surface area is 126 Å². The summed E-state index contributed by atoms with van der Waals surface area (Å²) < 4.78 is 0. The van der Waals surface area contributed by atoms with Gasteiger partial charge in [0.25, 0.3) is 5.91 Å². The summed E-state index contributed by atoms with van der Waals surface area (Å²) in [7, 11) is 0. The number of hydrogen-bond acceptors (Lipinski definition) is 3. The van der Waals surface area contributed by atoms with Crippen molar-refractivity contribution in [2.75, 3.05) is 6.54 Å². The van der Waals surface area contributed by atoms with Crippen LogP contribution >= 0.6 is 0 Å². The minimum atomic E-state index is -1.19. The second-order valence-corrected chi connectivity index (χ2v) is 6.14. The molecule has 1 fully saturated rings. The quantitative estimate of drug-likeness (QED) is 0.750. The predicted octanol–water partition coefficient (Wildman–Crippen LogP) is 1.96. The summed E-state index contributed by atoms with van der Waals surface area (Å²) >= 11 is 0. The van der Waals surface area contributed by atoms with Gasteiger partial charge in [0.15, 0.2) is 0 Å². The maximum atomic E-state index is 12.2. The maximum absolute atomic E-state index is 12.2. The number of nitrogens with one attached hydrogen (secondary N) is 1. The van der Waals surface area contributed by atoms with Gasteiger partial charge in [0.05, 0.1) is 6.10 Å². The van der Waals surface area contributed by atoms with E-state index in [1.807, 2.05) is 30.3 Å². The van der Waals surface area contributed by atoms with Crippen molar-refractivity contribution in [3.8, 4) is 0 Å². The molecular formula is C17H25NO3. The Morgan fingerprint density at radius 3 is 2.48 bits per heavy atom. The summed E-state index contributed by atoms with van der Waals surface area (Å²) in [5.41, 5.74) is -0.0939. The number of hydrogen-bond donors (Lipinski definition) is 3. The molecule has 2 unspecified atom stereocenters. The standard InChI is InChI=1S/C17H25NO3/c1-13(19)11-15(14-7-3-2-4-8-14)12-18-16(20)17(21)9-5-6-10-17/h2-4,7-8,13,15,19,21H,5-6,9-12H2,1H3,(H,18,20). The molecule has 1 aromatic rings. The van der Waals surface area contributed by atoms with Crippen molar-refractivity contribution in [3.05, 3.63) is 35.9 Å². The first-order valence-corrected chi connectivity index (χ1v) is 7.75. The Kier molecular flexibility index (Phi) is 5.37. The molecule has 3 N–H and O–H groups in total. The lowest BCUT2D eigenvalue weighted by atomic mass is 9.93. The van der Waals surface area contributed by atoms with Crippen LogP contribution in [0.3, 0.4) is 0 Å². The molecule has 2 rings (SSSR count). The smallest absolute Gasteiger partial charge is 0.251 e. The molecule has 1 aliphatic carbocycles. The van der Waals surface area contributed by atoms with Gasteiger partial charge in [0.2, 0.25) is 0 Å². The molecule has 0 radical (unpaired) electrons. The highest BCUT2D eigenvalue weighted by atomic mass is 16.3. The lowest BCUT2D eigenvalue weighted by Gasteiger charge is -2.24. The Hall–Kier alpha value is -1.39. The van der Waals surface area contributed by atoms with Crippen LogP contribution in [0.15, 0.2) is 30.3 Å². The Bertz CT molecular complexity index is 452. The second-order valence-electron chi connectivity index (χ2n) is 6.14. The topological polar surface area (TPSA) is 69.6 Å². The Morgan fingerprint density at radius 2 is 1.90 bits per heavy atom. The lowest BCUT2D eigenvalue weighted by molar-refractivity contribution is -0.139. The van der Waals surface area contributed by atoms with E-state index in [9.17, 15) is 15.0 Å². The minimum absolute atomic E-state index is 0.0557. The molecule has 0 aromatic heterocycles. The van der Waals surface area contributed by atoms with Crippen LogP contribution in [0.1, 0.15) is 50.5 Å². The van der Waals surface area contributed by atoms with Crippen molar-refractivity contribution in [1.29, 1.82) is 0 Å². The SMILES string of the molecule is CC(O)CC(CNC(=O)C1(O)CCCC1)c1ccccc1. The normalized spacial score (nSPS) is 20.0. The molecule has 1 saturated carbocycles. The third kappa shape index (κ3) is 4.29. The molecule has 1 amide bonds. The van der Waals surface area contributed by atoms with E-state index in [-0.39, 0.29) is 11.8 Å². The van der Waals surface area contributed by atoms with E-state index in [0.717, 1.165) is 18.4 Å². The van der Waals surface area contributed by atoms with Crippen LogP contribution in [0.4, 0.5) is 0 Å². The highest BCUT2D eigenvalue weighted by Gasteiger charge is 2.38. The van der Waals surface area contributed by atoms with Crippen LogP contribution in [0, 0.1) is 0 Å². The van der Waals surface area contributed by atoms with E-state index in [4.69, 9.17) is 0 Å². The lowest BCUT2D eigenvalue weighted by Crippen LogP contribution is -2.46. The van der Waals surface area contributed by atoms with E-state index in [0.29, 0.717) is 25.8 Å². The van der Waals surface area contributed by atoms with Gasteiger partial charge in [-0.1, -0.05) is 30.3 Å². The van der Waals surface area contributed by atoms with Gasteiger partial charge in [-0.2, -0.15) is 0 Å². The van der Waals surface area contributed by atoms with Gasteiger partial charge in [0.1, 0.15) is 5.60 Å². The van der Waals surface area contributed by atoms with Crippen LogP contribution in [0.25, 0.3) is 0 Å². The molecule has 0 bridgehead atoms. The van der Waals surface area contributed by atoms with Gasteiger partial charge in [-0.25, -0.2) is 0 Å². The highest BCUT2D eigenvalue weighted by Crippen LogP contribution is 2.30. The molecule has 0 saturated heterocycles. The summed E-state index contributed by atoms with van der Waals surface area (Å²) in [5, 5.41) is 22.8. The number of amides is 1. The molecule has 2 atom stereocenters. The number of carbonyl (C=O) groups is 1. The molecular weight excluding hydrogens is 266 g/mol. The molecule has 1 aromatic carbocycles. The van der Waals surface area contributed by atoms with E-state index >= 15 is 0 Å². The number of aliphatic hydroxyl groups is 2. The summed E-state index contributed by atoms with van der Waals surface area (Å²) in [5.74, 6) is -0.216. The average Bonchev–Trinajstić information content (AvgIpc) is 2.92. The largest absolute Gasteiger partial charge is 0.393 e. The fourth-order valence-electron chi connectivity index (χ4n) is 3.04.